The van der Waals surface area contributed by atoms with Crippen molar-refractivity contribution in [2.45, 2.75) is 0 Å². The molecule has 0 aromatic heterocycles. The Morgan fingerprint density at radius 1 is 0.118 bits per heavy atom. The Kier molecular flexibility index (Phi) is 9.44. The molecule has 0 nitrogen and oxygen atoms in total. The zero-order valence-corrected chi connectivity index (χ0v) is 41.6. The molecule has 0 spiro atoms. The molecule has 16 rings (SSSR count). The summed E-state index contributed by atoms with van der Waals surface area (Å²) in [6.07, 6.45) is 0. The van der Waals surface area contributed by atoms with Crippen LogP contribution in [-0.2, 0) is 0 Å². The molecule has 76 heavy (non-hydrogen) atoms. The summed E-state index contributed by atoms with van der Waals surface area (Å²) < 4.78 is 0. The molecule has 0 atom stereocenters. The highest BCUT2D eigenvalue weighted by Gasteiger charge is 2.19. The first-order valence-corrected chi connectivity index (χ1v) is 26.5. The smallest absolute Gasteiger partial charge is 0.00921 e. The highest BCUT2D eigenvalue weighted by molar-refractivity contribution is 6.26. The molecule has 0 amide bonds. The second kappa shape index (κ2) is 16.8. The van der Waals surface area contributed by atoms with Gasteiger partial charge in [-0.1, -0.05) is 218 Å². The Balaban J connectivity index is 0.970. The second-order valence-electron chi connectivity index (χ2n) is 20.7. The number of rotatable bonds is 5. The van der Waals surface area contributed by atoms with Gasteiger partial charge < -0.3 is 0 Å². The number of benzene rings is 16. The summed E-state index contributed by atoms with van der Waals surface area (Å²) in [5.74, 6) is 0. The van der Waals surface area contributed by atoms with Crippen molar-refractivity contribution in [3.8, 4) is 55.6 Å². The first-order chi connectivity index (χ1) is 37.6. The zero-order valence-electron chi connectivity index (χ0n) is 41.6. The van der Waals surface area contributed by atoms with Crippen molar-refractivity contribution >= 4 is 108 Å². The van der Waals surface area contributed by atoms with E-state index in [1.54, 1.807) is 0 Å². The zero-order chi connectivity index (χ0) is 49.8. The van der Waals surface area contributed by atoms with Gasteiger partial charge in [-0.15, -0.1) is 0 Å². The predicted octanol–water partition coefficient (Wildman–Crippen LogP) is 21.6. The molecule has 0 bridgehead atoms. The molecule has 16 aromatic rings. The van der Waals surface area contributed by atoms with Crippen LogP contribution >= 0.6 is 0 Å². The average Bonchev–Trinajstić information content (AvgIpc) is 3.55. The number of hydrogen-bond donors (Lipinski definition) is 0. The molecule has 0 radical (unpaired) electrons. The second-order valence-corrected chi connectivity index (χ2v) is 20.7. The van der Waals surface area contributed by atoms with Crippen LogP contribution in [0.1, 0.15) is 0 Å². The largest absolute Gasteiger partial charge is 0.0616 e. The van der Waals surface area contributed by atoms with Gasteiger partial charge in [0, 0.05) is 0 Å². The molecule has 16 aromatic carbocycles. The lowest BCUT2D eigenvalue weighted by Crippen LogP contribution is -1.91. The van der Waals surface area contributed by atoms with Crippen LogP contribution < -0.4 is 0 Å². The summed E-state index contributed by atoms with van der Waals surface area (Å²) in [6.45, 7) is 0. The normalized spacial score (nSPS) is 11.9. The molecule has 0 fully saturated rings. The van der Waals surface area contributed by atoms with E-state index in [0.29, 0.717) is 0 Å². The van der Waals surface area contributed by atoms with Crippen molar-refractivity contribution in [3.63, 3.8) is 0 Å². The molecule has 0 aliphatic heterocycles. The molecule has 0 saturated carbocycles. The molecule has 0 saturated heterocycles. The topological polar surface area (TPSA) is 0 Å². The van der Waals surface area contributed by atoms with E-state index in [0.717, 1.165) is 0 Å². The lowest BCUT2D eigenvalue weighted by atomic mass is 9.85. The Morgan fingerprint density at radius 2 is 0.355 bits per heavy atom. The van der Waals surface area contributed by atoms with Crippen molar-refractivity contribution < 1.29 is 0 Å². The number of fused-ring (bicyclic) bond motifs is 14. The van der Waals surface area contributed by atoms with E-state index in [2.05, 4.69) is 279 Å². The summed E-state index contributed by atoms with van der Waals surface area (Å²) in [5.41, 5.74) is 12.2. The van der Waals surface area contributed by atoms with Crippen molar-refractivity contribution in [1.82, 2.24) is 0 Å². The highest BCUT2D eigenvalue weighted by atomic mass is 14.2. The monoisotopic (exact) mass is 958 g/mol. The minimum absolute atomic E-state index is 1.19. The summed E-state index contributed by atoms with van der Waals surface area (Å²) in [7, 11) is 0. The highest BCUT2D eigenvalue weighted by Crippen LogP contribution is 2.47. The average molecular weight is 959 g/mol. The van der Waals surface area contributed by atoms with Gasteiger partial charge in [0.15, 0.2) is 0 Å². The standard InChI is InChI=1S/C76H46/c1-5-17-51-37-57(29-25-47(51)13-1)67-43-75-66-36-34-55(41-71(66)70(46-73(75)63-23-11-9-21-61(63)67)60-32-28-50-16-4-8-20-54(50)40-60)56-33-35-65-69(59-31-27-49-15-3-7-19-53(49)39-59)44-74-64-24-12-10-22-62(64)68(45-76(74)72(65)42-56)58-30-26-48-14-2-6-18-52(48)38-58/h1-46H. The SMILES string of the molecule is c1ccc2cc(-c3cc4c5ccc(-c6ccc7c(-c8ccc9ccccc9c8)cc8c9ccccc9c(-c9ccc%10ccccc%10c9)cc8c7c6)cc5c(-c5ccc6ccccc6c5)cc4c4ccccc34)ccc2c1. The van der Waals surface area contributed by atoms with Gasteiger partial charge in [0.05, 0.1) is 0 Å². The van der Waals surface area contributed by atoms with E-state index < -0.39 is 0 Å². The first-order valence-electron chi connectivity index (χ1n) is 26.5. The van der Waals surface area contributed by atoms with Crippen molar-refractivity contribution in [3.05, 3.63) is 279 Å². The molecule has 0 aliphatic carbocycles. The molecule has 350 valence electrons. The third kappa shape index (κ3) is 6.78. The minimum Gasteiger partial charge on any atom is -0.0616 e. The molecular weight excluding hydrogens is 913 g/mol. The Labute approximate surface area is 440 Å². The van der Waals surface area contributed by atoms with Crippen molar-refractivity contribution in [2.75, 3.05) is 0 Å². The lowest BCUT2D eigenvalue weighted by Gasteiger charge is -2.18. The number of hydrogen-bond acceptors (Lipinski definition) is 0. The predicted molar refractivity (Wildman–Crippen MR) is 329 cm³/mol. The molecule has 0 aliphatic rings. The molecular formula is C76H46. The quantitative estimate of drug-likeness (QED) is 0.151. The van der Waals surface area contributed by atoms with Gasteiger partial charge in [0.1, 0.15) is 0 Å². The summed E-state index contributed by atoms with van der Waals surface area (Å²) in [5, 5.41) is 25.0. The van der Waals surface area contributed by atoms with Crippen LogP contribution in [0.2, 0.25) is 0 Å². The summed E-state index contributed by atoms with van der Waals surface area (Å²) in [6, 6.07) is 105. The van der Waals surface area contributed by atoms with E-state index in [4.69, 9.17) is 0 Å². The van der Waals surface area contributed by atoms with Gasteiger partial charge in [-0.05, 0) is 224 Å². The third-order valence-corrected chi connectivity index (χ3v) is 16.5. The first kappa shape index (κ1) is 42.6. The van der Waals surface area contributed by atoms with E-state index in [1.165, 1.54) is 163 Å². The van der Waals surface area contributed by atoms with E-state index in [1.807, 2.05) is 0 Å². The van der Waals surface area contributed by atoms with Gasteiger partial charge in [0.25, 0.3) is 0 Å². The molecule has 0 unspecified atom stereocenters. The summed E-state index contributed by atoms with van der Waals surface area (Å²) >= 11 is 0. The van der Waals surface area contributed by atoms with Crippen molar-refractivity contribution in [1.29, 1.82) is 0 Å². The molecule has 0 heteroatoms. The van der Waals surface area contributed by atoms with Crippen LogP contribution in [0.25, 0.3) is 163 Å². The van der Waals surface area contributed by atoms with Gasteiger partial charge in [0.2, 0.25) is 0 Å². The fourth-order valence-corrected chi connectivity index (χ4v) is 12.7. The Hall–Kier alpha value is -9.88. The third-order valence-electron chi connectivity index (χ3n) is 16.5. The Bertz CT molecular complexity index is 5110. The van der Waals surface area contributed by atoms with Gasteiger partial charge in [-0.2, -0.15) is 0 Å². The molecule has 0 N–H and O–H groups in total. The van der Waals surface area contributed by atoms with Crippen molar-refractivity contribution in [2.24, 2.45) is 0 Å². The van der Waals surface area contributed by atoms with Crippen LogP contribution in [0, 0.1) is 0 Å². The maximum Gasteiger partial charge on any atom is -0.00921 e. The van der Waals surface area contributed by atoms with Gasteiger partial charge in [-0.3, -0.25) is 0 Å². The van der Waals surface area contributed by atoms with Gasteiger partial charge in [-0.25, -0.2) is 0 Å². The van der Waals surface area contributed by atoms with E-state index in [-0.39, 0.29) is 0 Å². The van der Waals surface area contributed by atoms with Crippen LogP contribution in [-0.4, -0.2) is 0 Å². The van der Waals surface area contributed by atoms with Crippen LogP contribution in [0.5, 0.6) is 0 Å². The Morgan fingerprint density at radius 3 is 0.737 bits per heavy atom. The maximum atomic E-state index is 2.48. The maximum absolute atomic E-state index is 2.48. The van der Waals surface area contributed by atoms with Gasteiger partial charge >= 0.3 is 0 Å². The van der Waals surface area contributed by atoms with Crippen LogP contribution in [0.15, 0.2) is 279 Å². The summed E-state index contributed by atoms with van der Waals surface area (Å²) in [4.78, 5) is 0. The van der Waals surface area contributed by atoms with E-state index in [9.17, 15) is 0 Å². The van der Waals surface area contributed by atoms with E-state index >= 15 is 0 Å². The minimum atomic E-state index is 1.19. The molecule has 0 heterocycles. The lowest BCUT2D eigenvalue weighted by molar-refractivity contribution is 1.66. The fraction of sp³-hybridized carbons (Fsp3) is 0. The van der Waals surface area contributed by atoms with Crippen LogP contribution in [0.3, 0.4) is 0 Å². The van der Waals surface area contributed by atoms with Crippen LogP contribution in [0.4, 0.5) is 0 Å². The fourth-order valence-electron chi connectivity index (χ4n) is 12.7.